The zero-order chi connectivity index (χ0) is 14.5. The molecule has 0 spiro atoms. The number of hydrogen-bond donors (Lipinski definition) is 1. The second-order valence-corrected chi connectivity index (χ2v) is 5.60. The molecule has 1 amide bonds. The van der Waals surface area contributed by atoms with E-state index in [1.54, 1.807) is 37.3 Å². The maximum atomic E-state index is 11.5. The van der Waals surface area contributed by atoms with Crippen molar-refractivity contribution in [2.45, 2.75) is 24.3 Å². The molecule has 0 aromatic heterocycles. The van der Waals surface area contributed by atoms with Crippen molar-refractivity contribution < 1.29 is 14.5 Å². The van der Waals surface area contributed by atoms with E-state index in [2.05, 4.69) is 21.2 Å². The van der Waals surface area contributed by atoms with E-state index in [0.29, 0.717) is 5.56 Å². The minimum Gasteiger partial charge on any atom is -0.450 e. The summed E-state index contributed by atoms with van der Waals surface area (Å²) in [7, 11) is 0. The summed E-state index contributed by atoms with van der Waals surface area (Å²) in [5.41, 5.74) is 0.617. The minimum atomic E-state index is -1.53. The molecule has 0 aliphatic carbocycles. The van der Waals surface area contributed by atoms with Crippen molar-refractivity contribution in [1.82, 2.24) is 5.32 Å². The Labute approximate surface area is 119 Å². The smallest absolute Gasteiger partial charge is 0.407 e. The molecule has 1 aromatic rings. The SMILES string of the molecule is CCOC(=O)NC(c1ccccc1)C(C)(Br)[N+](=O)[O-]. The fraction of sp³-hybridized carbons (Fsp3) is 0.417. The van der Waals surface area contributed by atoms with Gasteiger partial charge in [-0.3, -0.25) is 10.1 Å². The molecule has 0 fully saturated rings. The molecule has 0 radical (unpaired) electrons. The number of alkyl halides is 1. The van der Waals surface area contributed by atoms with Crippen LogP contribution in [-0.2, 0) is 4.74 Å². The van der Waals surface area contributed by atoms with E-state index in [0.717, 1.165) is 0 Å². The monoisotopic (exact) mass is 330 g/mol. The summed E-state index contributed by atoms with van der Waals surface area (Å²) in [5.74, 6) is 0. The molecule has 0 saturated heterocycles. The van der Waals surface area contributed by atoms with Gasteiger partial charge >= 0.3 is 6.09 Å². The highest BCUT2D eigenvalue weighted by molar-refractivity contribution is 9.10. The highest BCUT2D eigenvalue weighted by Crippen LogP contribution is 2.34. The Morgan fingerprint density at radius 1 is 1.53 bits per heavy atom. The van der Waals surface area contributed by atoms with Gasteiger partial charge in [0.25, 0.3) is 4.45 Å². The minimum absolute atomic E-state index is 0.199. The van der Waals surface area contributed by atoms with Crippen molar-refractivity contribution in [3.63, 3.8) is 0 Å². The molecule has 1 N–H and O–H groups in total. The Morgan fingerprint density at radius 2 is 2.11 bits per heavy atom. The highest BCUT2D eigenvalue weighted by atomic mass is 79.9. The Morgan fingerprint density at radius 3 is 2.58 bits per heavy atom. The molecule has 6 nitrogen and oxygen atoms in total. The van der Waals surface area contributed by atoms with Crippen LogP contribution >= 0.6 is 15.9 Å². The third-order valence-corrected chi connectivity index (χ3v) is 3.30. The van der Waals surface area contributed by atoms with Crippen LogP contribution in [0.4, 0.5) is 4.79 Å². The molecule has 19 heavy (non-hydrogen) atoms. The zero-order valence-corrected chi connectivity index (χ0v) is 12.2. The summed E-state index contributed by atoms with van der Waals surface area (Å²) in [4.78, 5) is 22.2. The van der Waals surface area contributed by atoms with E-state index < -0.39 is 21.5 Å². The number of carbonyl (C=O) groups is 1. The van der Waals surface area contributed by atoms with Crippen molar-refractivity contribution >= 4 is 22.0 Å². The van der Waals surface area contributed by atoms with E-state index in [1.807, 2.05) is 0 Å². The van der Waals surface area contributed by atoms with E-state index in [-0.39, 0.29) is 6.61 Å². The number of halogens is 1. The molecule has 0 aliphatic rings. The fourth-order valence-electron chi connectivity index (χ4n) is 1.56. The molecular formula is C12H15BrN2O4. The van der Waals surface area contributed by atoms with Gasteiger partial charge in [-0.25, -0.2) is 4.79 Å². The first kappa shape index (κ1) is 15.4. The molecule has 1 rings (SSSR count). The van der Waals surface area contributed by atoms with Gasteiger partial charge in [-0.1, -0.05) is 30.3 Å². The zero-order valence-electron chi connectivity index (χ0n) is 10.6. The van der Waals surface area contributed by atoms with Crippen LogP contribution in [0.25, 0.3) is 0 Å². The summed E-state index contributed by atoms with van der Waals surface area (Å²) < 4.78 is 3.25. The third kappa shape index (κ3) is 3.92. The largest absolute Gasteiger partial charge is 0.450 e. The van der Waals surface area contributed by atoms with Gasteiger partial charge in [0.15, 0.2) is 0 Å². The maximum absolute atomic E-state index is 11.5. The molecule has 7 heteroatoms. The molecule has 2 atom stereocenters. The Hall–Kier alpha value is -1.63. The molecule has 0 aliphatic heterocycles. The third-order valence-electron chi connectivity index (χ3n) is 2.55. The lowest BCUT2D eigenvalue weighted by atomic mass is 10.0. The van der Waals surface area contributed by atoms with Crippen LogP contribution in [0.5, 0.6) is 0 Å². The summed E-state index contributed by atoms with van der Waals surface area (Å²) in [6.45, 7) is 3.25. The maximum Gasteiger partial charge on any atom is 0.407 e. The fourth-order valence-corrected chi connectivity index (χ4v) is 1.94. The first-order valence-electron chi connectivity index (χ1n) is 5.71. The Bertz CT molecular complexity index is 450. The molecule has 0 heterocycles. The lowest BCUT2D eigenvalue weighted by molar-refractivity contribution is -0.536. The van der Waals surface area contributed by atoms with E-state index >= 15 is 0 Å². The van der Waals surface area contributed by atoms with Crippen LogP contribution in [-0.4, -0.2) is 22.1 Å². The normalized spacial score (nSPS) is 15.1. The van der Waals surface area contributed by atoms with Gasteiger partial charge in [0.2, 0.25) is 0 Å². The number of hydrogen-bond acceptors (Lipinski definition) is 4. The molecule has 1 aromatic carbocycles. The van der Waals surface area contributed by atoms with Crippen molar-refractivity contribution in [3.05, 3.63) is 46.0 Å². The molecular weight excluding hydrogens is 316 g/mol. The molecule has 2 unspecified atom stereocenters. The summed E-state index contributed by atoms with van der Waals surface area (Å²) in [5, 5.41) is 13.6. The number of nitro groups is 1. The predicted octanol–water partition coefficient (Wildman–Crippen LogP) is 2.86. The van der Waals surface area contributed by atoms with Crippen LogP contribution in [0.3, 0.4) is 0 Å². The van der Waals surface area contributed by atoms with Crippen LogP contribution in [0.15, 0.2) is 30.3 Å². The van der Waals surface area contributed by atoms with Crippen LogP contribution in [0.2, 0.25) is 0 Å². The highest BCUT2D eigenvalue weighted by Gasteiger charge is 2.45. The number of nitrogens with zero attached hydrogens (tertiary/aromatic N) is 1. The number of alkyl carbamates (subject to hydrolysis) is 1. The average molecular weight is 331 g/mol. The van der Waals surface area contributed by atoms with Gasteiger partial charge in [0.05, 0.1) is 6.61 Å². The second-order valence-electron chi connectivity index (χ2n) is 3.99. The average Bonchev–Trinajstić information content (AvgIpc) is 2.37. The number of ether oxygens (including phenoxy) is 1. The lowest BCUT2D eigenvalue weighted by Crippen LogP contribution is -2.45. The van der Waals surface area contributed by atoms with Gasteiger partial charge in [-0.05, 0) is 12.5 Å². The molecule has 104 valence electrons. The van der Waals surface area contributed by atoms with Crippen molar-refractivity contribution in [2.24, 2.45) is 0 Å². The van der Waals surface area contributed by atoms with Crippen molar-refractivity contribution in [2.75, 3.05) is 6.61 Å². The van der Waals surface area contributed by atoms with E-state index in [9.17, 15) is 14.9 Å². The predicted molar refractivity (Wildman–Crippen MR) is 73.7 cm³/mol. The van der Waals surface area contributed by atoms with Crippen molar-refractivity contribution in [3.8, 4) is 0 Å². The number of benzene rings is 1. The Kier molecular flexibility index (Phi) is 5.29. The van der Waals surface area contributed by atoms with Gasteiger partial charge in [0.1, 0.15) is 6.04 Å². The van der Waals surface area contributed by atoms with E-state index in [4.69, 9.17) is 4.74 Å². The lowest BCUT2D eigenvalue weighted by Gasteiger charge is -2.26. The molecule has 0 saturated carbocycles. The summed E-state index contributed by atoms with van der Waals surface area (Å²) in [6, 6.07) is 7.86. The quantitative estimate of drug-likeness (QED) is 0.389. The van der Waals surface area contributed by atoms with Crippen LogP contribution in [0.1, 0.15) is 25.5 Å². The first-order valence-corrected chi connectivity index (χ1v) is 6.50. The second kappa shape index (κ2) is 6.51. The standard InChI is InChI=1S/C12H15BrN2O4/c1-3-19-11(16)14-10(12(2,13)15(17)18)9-7-5-4-6-8-9/h4-8,10H,3H2,1-2H3,(H,14,16). The van der Waals surface area contributed by atoms with Gasteiger partial charge < -0.3 is 10.1 Å². The van der Waals surface area contributed by atoms with E-state index in [1.165, 1.54) is 6.92 Å². The van der Waals surface area contributed by atoms with Gasteiger partial charge in [0, 0.05) is 27.8 Å². The topological polar surface area (TPSA) is 81.5 Å². The number of rotatable bonds is 5. The van der Waals surface area contributed by atoms with Crippen LogP contribution in [0, 0.1) is 10.1 Å². The van der Waals surface area contributed by atoms with Gasteiger partial charge in [-0.2, -0.15) is 0 Å². The van der Waals surface area contributed by atoms with Crippen LogP contribution < -0.4 is 5.32 Å². The summed E-state index contributed by atoms with van der Waals surface area (Å²) >= 11 is 3.06. The summed E-state index contributed by atoms with van der Waals surface area (Å²) in [6.07, 6.45) is -0.691. The number of amides is 1. The Balaban J connectivity index is 3.05. The number of nitrogens with one attached hydrogen (secondary N) is 1. The first-order chi connectivity index (χ1) is 8.89. The van der Waals surface area contributed by atoms with Gasteiger partial charge in [-0.15, -0.1) is 0 Å². The molecule has 0 bridgehead atoms. The van der Waals surface area contributed by atoms with Crippen molar-refractivity contribution in [1.29, 1.82) is 0 Å². The number of carbonyl (C=O) groups excluding carboxylic acids is 1.